The molecule has 1 atom stereocenters. The molecule has 0 spiro atoms. The highest BCUT2D eigenvalue weighted by Gasteiger charge is 2.29. The Morgan fingerprint density at radius 3 is 2.33 bits per heavy atom. The number of ether oxygens (including phenoxy) is 3. The van der Waals surface area contributed by atoms with Crippen LogP contribution >= 0.6 is 0 Å². The first-order valence-electron chi connectivity index (χ1n) is 6.16. The lowest BCUT2D eigenvalue weighted by molar-refractivity contribution is 0.235. The molecule has 0 aromatic heterocycles. The molecule has 1 aliphatic rings. The van der Waals surface area contributed by atoms with Crippen LogP contribution in [-0.4, -0.2) is 39.8 Å². The van der Waals surface area contributed by atoms with E-state index in [9.17, 15) is 0 Å². The van der Waals surface area contributed by atoms with Gasteiger partial charge < -0.3 is 14.2 Å². The van der Waals surface area contributed by atoms with Crippen molar-refractivity contribution in [2.45, 2.75) is 19.4 Å². The summed E-state index contributed by atoms with van der Waals surface area (Å²) in [5, 5.41) is 0. The molecule has 4 heteroatoms. The molecule has 1 aromatic rings. The molecule has 4 nitrogen and oxygen atoms in total. The zero-order valence-electron chi connectivity index (χ0n) is 11.7. The smallest absolute Gasteiger partial charge is 0.203 e. The lowest BCUT2D eigenvalue weighted by atomic mass is 9.92. The zero-order valence-corrected chi connectivity index (χ0v) is 11.7. The molecule has 0 unspecified atom stereocenters. The Morgan fingerprint density at radius 2 is 1.78 bits per heavy atom. The lowest BCUT2D eigenvalue weighted by Crippen LogP contribution is -2.30. The molecule has 0 N–H and O–H groups in total. The zero-order chi connectivity index (χ0) is 13.3. The Kier molecular flexibility index (Phi) is 3.66. The fourth-order valence-electron chi connectivity index (χ4n) is 2.60. The normalized spacial score (nSPS) is 19.3. The third kappa shape index (κ3) is 1.90. The second-order valence-electron chi connectivity index (χ2n) is 4.62. The van der Waals surface area contributed by atoms with Gasteiger partial charge in [-0.1, -0.05) is 0 Å². The number of nitrogens with zero attached hydrogens (tertiary/aromatic N) is 1. The largest absolute Gasteiger partial charge is 0.493 e. The van der Waals surface area contributed by atoms with E-state index >= 15 is 0 Å². The first-order chi connectivity index (χ1) is 8.63. The number of methoxy groups -OCH3 is 3. The van der Waals surface area contributed by atoms with Crippen LogP contribution in [-0.2, 0) is 6.42 Å². The van der Waals surface area contributed by atoms with Crippen LogP contribution < -0.4 is 14.2 Å². The van der Waals surface area contributed by atoms with Gasteiger partial charge in [-0.2, -0.15) is 0 Å². The van der Waals surface area contributed by atoms with Gasteiger partial charge in [0.1, 0.15) is 0 Å². The second kappa shape index (κ2) is 5.06. The van der Waals surface area contributed by atoms with Crippen LogP contribution in [0.5, 0.6) is 17.2 Å². The van der Waals surface area contributed by atoms with E-state index < -0.39 is 0 Å². The summed E-state index contributed by atoms with van der Waals surface area (Å²) in [6.07, 6.45) is 1.01. The van der Waals surface area contributed by atoms with Gasteiger partial charge in [0, 0.05) is 18.2 Å². The fraction of sp³-hybridized carbons (Fsp3) is 0.571. The molecule has 1 heterocycles. The molecular formula is C14H21NO3. The number of rotatable bonds is 3. The number of hydrogen-bond acceptors (Lipinski definition) is 4. The third-order valence-corrected chi connectivity index (χ3v) is 3.77. The maximum Gasteiger partial charge on any atom is 0.203 e. The average Bonchev–Trinajstić information content (AvgIpc) is 2.40. The van der Waals surface area contributed by atoms with Gasteiger partial charge in [-0.25, -0.2) is 0 Å². The van der Waals surface area contributed by atoms with Crippen LogP contribution in [0.1, 0.15) is 24.1 Å². The summed E-state index contributed by atoms with van der Waals surface area (Å²) in [6.45, 7) is 3.24. The molecule has 0 saturated carbocycles. The molecule has 18 heavy (non-hydrogen) atoms. The molecule has 1 aliphatic heterocycles. The maximum absolute atomic E-state index is 5.56. The molecule has 0 radical (unpaired) electrons. The Labute approximate surface area is 108 Å². The Balaban J connectivity index is 2.65. The van der Waals surface area contributed by atoms with Crippen LogP contribution in [0.2, 0.25) is 0 Å². The highest BCUT2D eigenvalue weighted by molar-refractivity contribution is 5.60. The van der Waals surface area contributed by atoms with Crippen LogP contribution in [0.25, 0.3) is 0 Å². The topological polar surface area (TPSA) is 30.9 Å². The van der Waals surface area contributed by atoms with Crippen LogP contribution in [0.3, 0.4) is 0 Å². The van der Waals surface area contributed by atoms with E-state index in [2.05, 4.69) is 24.9 Å². The summed E-state index contributed by atoms with van der Waals surface area (Å²) in [5.74, 6) is 2.22. The molecule has 1 aromatic carbocycles. The highest BCUT2D eigenvalue weighted by atomic mass is 16.5. The third-order valence-electron chi connectivity index (χ3n) is 3.77. The molecule has 100 valence electrons. The van der Waals surface area contributed by atoms with Crippen molar-refractivity contribution in [1.82, 2.24) is 4.90 Å². The monoisotopic (exact) mass is 251 g/mol. The average molecular weight is 251 g/mol. The van der Waals surface area contributed by atoms with Gasteiger partial charge in [0.05, 0.1) is 21.3 Å². The van der Waals surface area contributed by atoms with Gasteiger partial charge in [-0.15, -0.1) is 0 Å². The van der Waals surface area contributed by atoms with Crippen molar-refractivity contribution in [2.75, 3.05) is 34.9 Å². The Morgan fingerprint density at radius 1 is 1.11 bits per heavy atom. The molecule has 0 aliphatic carbocycles. The minimum absolute atomic E-state index is 0.323. The van der Waals surface area contributed by atoms with Crippen molar-refractivity contribution < 1.29 is 14.2 Å². The number of hydrogen-bond donors (Lipinski definition) is 0. The van der Waals surface area contributed by atoms with Gasteiger partial charge >= 0.3 is 0 Å². The Hall–Kier alpha value is -1.42. The molecule has 0 fully saturated rings. The minimum Gasteiger partial charge on any atom is -0.493 e. The van der Waals surface area contributed by atoms with Crippen LogP contribution in [0.4, 0.5) is 0 Å². The number of likely N-dealkylation sites (N-methyl/N-ethyl adjacent to an activating group) is 1. The molecule has 0 amide bonds. The van der Waals surface area contributed by atoms with Crippen LogP contribution in [0, 0.1) is 0 Å². The van der Waals surface area contributed by atoms with Gasteiger partial charge in [-0.05, 0) is 32.0 Å². The van der Waals surface area contributed by atoms with Crippen molar-refractivity contribution >= 4 is 0 Å². The van der Waals surface area contributed by atoms with Crippen molar-refractivity contribution in [1.29, 1.82) is 0 Å². The van der Waals surface area contributed by atoms with Gasteiger partial charge in [0.25, 0.3) is 0 Å². The van der Waals surface area contributed by atoms with E-state index in [0.29, 0.717) is 11.8 Å². The van der Waals surface area contributed by atoms with E-state index in [1.807, 2.05) is 0 Å². The molecule has 2 rings (SSSR count). The lowest BCUT2D eigenvalue weighted by Gasteiger charge is -2.34. The summed E-state index contributed by atoms with van der Waals surface area (Å²) < 4.78 is 16.4. The predicted octanol–water partition coefficient (Wildman–Crippen LogP) is 2.26. The minimum atomic E-state index is 0.323. The van der Waals surface area contributed by atoms with E-state index in [0.717, 1.165) is 24.5 Å². The molecular weight excluding hydrogens is 230 g/mol. The fourth-order valence-corrected chi connectivity index (χ4v) is 2.60. The SMILES string of the molecule is COc1cc2c(c(OC)c1OC)[C@H](C)N(C)CC2. The van der Waals surface area contributed by atoms with E-state index in [4.69, 9.17) is 14.2 Å². The quantitative estimate of drug-likeness (QED) is 0.824. The van der Waals surface area contributed by atoms with Gasteiger partial charge in [0.2, 0.25) is 5.75 Å². The summed E-state index contributed by atoms with van der Waals surface area (Å²) in [7, 11) is 7.11. The Bertz CT molecular complexity index is 445. The summed E-state index contributed by atoms with van der Waals surface area (Å²) in [6, 6.07) is 2.39. The van der Waals surface area contributed by atoms with Crippen molar-refractivity contribution in [3.63, 3.8) is 0 Å². The summed E-state index contributed by atoms with van der Waals surface area (Å²) >= 11 is 0. The van der Waals surface area contributed by atoms with Crippen molar-refractivity contribution in [3.05, 3.63) is 17.2 Å². The summed E-state index contributed by atoms with van der Waals surface area (Å²) in [4.78, 5) is 2.32. The molecule has 0 saturated heterocycles. The van der Waals surface area contributed by atoms with E-state index in [1.54, 1.807) is 21.3 Å². The van der Waals surface area contributed by atoms with Gasteiger partial charge in [-0.3, -0.25) is 4.90 Å². The number of fused-ring (bicyclic) bond motifs is 1. The number of benzene rings is 1. The van der Waals surface area contributed by atoms with Crippen molar-refractivity contribution in [3.8, 4) is 17.2 Å². The summed E-state index contributed by atoms with van der Waals surface area (Å²) in [5.41, 5.74) is 2.50. The first kappa shape index (κ1) is 13.0. The van der Waals surface area contributed by atoms with Crippen LogP contribution in [0.15, 0.2) is 6.07 Å². The predicted molar refractivity (Wildman–Crippen MR) is 70.8 cm³/mol. The standard InChI is InChI=1S/C14H21NO3/c1-9-12-10(6-7-15(9)2)8-11(16-3)13(17-4)14(12)18-5/h8-9H,6-7H2,1-5H3/t9-/m0/s1. The molecule has 0 bridgehead atoms. The van der Waals surface area contributed by atoms with Gasteiger partial charge in [0.15, 0.2) is 11.5 Å². The first-order valence-corrected chi connectivity index (χ1v) is 6.16. The second-order valence-corrected chi connectivity index (χ2v) is 4.62. The van der Waals surface area contributed by atoms with Crippen molar-refractivity contribution in [2.24, 2.45) is 0 Å². The highest BCUT2D eigenvalue weighted by Crippen LogP contribution is 2.46. The van der Waals surface area contributed by atoms with E-state index in [-0.39, 0.29) is 0 Å². The van der Waals surface area contributed by atoms with E-state index in [1.165, 1.54) is 11.1 Å². The maximum atomic E-state index is 5.56.